The normalized spacial score (nSPS) is 11.9. The van der Waals surface area contributed by atoms with Crippen molar-refractivity contribution in [3.63, 3.8) is 0 Å². The minimum atomic E-state index is 0. The van der Waals surface area contributed by atoms with E-state index in [9.17, 15) is 0 Å². The van der Waals surface area contributed by atoms with Crippen molar-refractivity contribution in [2.75, 3.05) is 0 Å². The molecule has 0 spiro atoms. The van der Waals surface area contributed by atoms with Gasteiger partial charge in [0.15, 0.2) is 0 Å². The van der Waals surface area contributed by atoms with Crippen molar-refractivity contribution in [2.45, 2.75) is 106 Å². The predicted octanol–water partition coefficient (Wildman–Crippen LogP) is 4.75. The third kappa shape index (κ3) is 10.7. The van der Waals surface area contributed by atoms with Crippen LogP contribution in [-0.2, 0) is 46.9 Å². The van der Waals surface area contributed by atoms with E-state index in [1.54, 1.807) is 0 Å². The fourth-order valence-electron chi connectivity index (χ4n) is 5.33. The molecule has 3 heteroatoms. The molecule has 0 nitrogen and oxygen atoms in total. The second kappa shape index (κ2) is 15.6. The van der Waals surface area contributed by atoms with Crippen LogP contribution in [0, 0.1) is 19.9 Å². The van der Waals surface area contributed by atoms with Crippen LogP contribution in [0.15, 0.2) is 72.8 Å². The summed E-state index contributed by atoms with van der Waals surface area (Å²) in [7, 11) is 0. The van der Waals surface area contributed by atoms with E-state index in [2.05, 4.69) is 156 Å². The maximum absolute atomic E-state index is 3.67. The van der Waals surface area contributed by atoms with E-state index in [0.29, 0.717) is 5.41 Å². The molecular formula is C40H50Cl2Zr-2. The maximum atomic E-state index is 3.67. The smallest absolute Gasteiger partial charge is 0.0632 e. The molecule has 5 rings (SSSR count). The van der Waals surface area contributed by atoms with Gasteiger partial charge in [0.05, 0.1) is 0 Å². The van der Waals surface area contributed by atoms with Gasteiger partial charge in [0.25, 0.3) is 0 Å². The zero-order chi connectivity index (χ0) is 30.8. The van der Waals surface area contributed by atoms with Gasteiger partial charge in [-0.1, -0.05) is 105 Å². The van der Waals surface area contributed by atoms with Gasteiger partial charge in [-0.15, -0.1) is 11.1 Å². The van der Waals surface area contributed by atoms with Crippen molar-refractivity contribution in [1.29, 1.82) is 0 Å². The number of benzene rings is 3. The topological polar surface area (TPSA) is 0 Å². The predicted molar refractivity (Wildman–Crippen MR) is 177 cm³/mol. The number of hydrogen-bond donors (Lipinski definition) is 0. The molecular weight excluding hydrogens is 643 g/mol. The van der Waals surface area contributed by atoms with E-state index in [4.69, 9.17) is 0 Å². The summed E-state index contributed by atoms with van der Waals surface area (Å²) >= 11 is 1.51. The van der Waals surface area contributed by atoms with Crippen LogP contribution < -0.4 is 24.8 Å². The number of fused-ring (bicyclic) bond motifs is 3. The zero-order valence-electron chi connectivity index (χ0n) is 28.4. The molecule has 0 unspecified atom stereocenters. The first-order valence-corrected chi connectivity index (χ1v) is 16.2. The fraction of sp³-hybridized carbons (Fsp3) is 0.400. The first kappa shape index (κ1) is 39.4. The van der Waals surface area contributed by atoms with E-state index >= 15 is 0 Å². The Labute approximate surface area is 290 Å². The van der Waals surface area contributed by atoms with E-state index in [-0.39, 0.29) is 35.6 Å². The molecule has 0 aliphatic heterocycles. The van der Waals surface area contributed by atoms with Gasteiger partial charge in [0.1, 0.15) is 0 Å². The summed E-state index contributed by atoms with van der Waals surface area (Å²) in [5.41, 5.74) is 14.7. The molecule has 0 bridgehead atoms. The van der Waals surface area contributed by atoms with Gasteiger partial charge in [-0.2, -0.15) is 46.5 Å². The van der Waals surface area contributed by atoms with E-state index in [0.717, 1.165) is 6.42 Å². The quantitative estimate of drug-likeness (QED) is 0.223. The SMILES string of the molecule is CC(C)(C)c1[c-]c2c(cc1)-c1ccc(C(C)(C)C)cc1C2.C[C](=[Zr+2])c1ccccc1.Cc1cc(C(C)(C)C)c(C)[cH-]1.[Cl-].[Cl-]. The molecule has 0 atom stereocenters. The Kier molecular flexibility index (Phi) is 14.2. The standard InChI is InChI=1S/C21H25.C11H17.C8H8.2ClH.Zr/c1-20(2,3)16-7-9-18-14(12-16)11-15-13-17(21(4,5)6)8-10-19(15)18;1-8-6-9(2)10(7-8)11(3,4)5;1-2-8-6-4-3-5-7-8;;;/h7-10,12H,11H2,1-6H3;6-7H,1-5H3;3-7H,1H3;2*1H;/q2*-1;;;;+2/p-2. The molecule has 0 saturated heterocycles. The van der Waals surface area contributed by atoms with Crippen LogP contribution in [0.3, 0.4) is 0 Å². The summed E-state index contributed by atoms with van der Waals surface area (Å²) in [5, 5.41) is 0. The van der Waals surface area contributed by atoms with Crippen LogP contribution >= 0.6 is 0 Å². The maximum Gasteiger partial charge on any atom is -0.0632 e. The number of aryl methyl sites for hydroxylation is 2. The molecule has 4 aromatic rings. The summed E-state index contributed by atoms with van der Waals surface area (Å²) in [6.07, 6.45) is 1.03. The van der Waals surface area contributed by atoms with Crippen LogP contribution in [0.5, 0.6) is 0 Å². The molecule has 0 heterocycles. The van der Waals surface area contributed by atoms with Gasteiger partial charge in [-0.3, -0.25) is 0 Å². The molecule has 0 fully saturated rings. The first-order valence-electron chi connectivity index (χ1n) is 14.9. The van der Waals surface area contributed by atoms with Crippen molar-refractivity contribution in [1.82, 2.24) is 0 Å². The minimum absolute atomic E-state index is 0. The van der Waals surface area contributed by atoms with E-state index in [1.807, 2.05) is 6.07 Å². The number of halogens is 2. The van der Waals surface area contributed by atoms with Crippen molar-refractivity contribution < 1.29 is 49.0 Å². The average molecular weight is 693 g/mol. The van der Waals surface area contributed by atoms with Crippen molar-refractivity contribution >= 4 is 3.21 Å². The summed E-state index contributed by atoms with van der Waals surface area (Å²) in [4.78, 5) is 0. The van der Waals surface area contributed by atoms with Gasteiger partial charge in [0, 0.05) is 0 Å². The van der Waals surface area contributed by atoms with Crippen LogP contribution in [0.25, 0.3) is 11.1 Å². The van der Waals surface area contributed by atoms with Crippen molar-refractivity contribution in [2.24, 2.45) is 0 Å². The van der Waals surface area contributed by atoms with Gasteiger partial charge < -0.3 is 24.8 Å². The van der Waals surface area contributed by atoms with Crippen molar-refractivity contribution in [3.8, 4) is 11.1 Å². The Morgan fingerprint density at radius 3 is 1.72 bits per heavy atom. The van der Waals surface area contributed by atoms with Crippen LogP contribution in [0.2, 0.25) is 0 Å². The molecule has 0 aromatic heterocycles. The van der Waals surface area contributed by atoms with Crippen molar-refractivity contribution in [3.05, 3.63) is 123 Å². The Hall–Kier alpha value is -1.66. The van der Waals surface area contributed by atoms with Gasteiger partial charge >= 0.3 is 70.3 Å². The molecule has 0 amide bonds. The molecule has 4 aromatic carbocycles. The molecule has 0 saturated carbocycles. The third-order valence-electron chi connectivity index (χ3n) is 7.72. The number of hydrogen-bond acceptors (Lipinski definition) is 0. The first-order chi connectivity index (χ1) is 18.9. The summed E-state index contributed by atoms with van der Waals surface area (Å²) in [5.74, 6) is 0. The minimum Gasteiger partial charge on any atom is -1.00 e. The number of rotatable bonds is 1. The summed E-state index contributed by atoms with van der Waals surface area (Å²) < 4.78 is 1.46. The molecule has 43 heavy (non-hydrogen) atoms. The molecule has 1 aliphatic rings. The Morgan fingerprint density at radius 1 is 0.721 bits per heavy atom. The summed E-state index contributed by atoms with van der Waals surface area (Å²) in [6, 6.07) is 30.2. The van der Waals surface area contributed by atoms with Crippen LogP contribution in [0.1, 0.15) is 114 Å². The fourth-order valence-corrected chi connectivity index (χ4v) is 5.74. The Balaban J connectivity index is 0.000000356. The monoisotopic (exact) mass is 690 g/mol. The van der Waals surface area contributed by atoms with E-state index in [1.165, 1.54) is 83.1 Å². The van der Waals surface area contributed by atoms with Crippen LogP contribution in [-0.4, -0.2) is 3.21 Å². The largest absolute Gasteiger partial charge is 1.00 e. The second-order valence-electron chi connectivity index (χ2n) is 14.7. The molecule has 1 aliphatic carbocycles. The van der Waals surface area contributed by atoms with Gasteiger partial charge in [-0.25, -0.2) is 6.07 Å². The van der Waals surface area contributed by atoms with Crippen LogP contribution in [0.4, 0.5) is 0 Å². The summed E-state index contributed by atoms with van der Waals surface area (Å²) in [6.45, 7) is 26.9. The van der Waals surface area contributed by atoms with Gasteiger partial charge in [-0.05, 0) is 28.4 Å². The molecule has 0 radical (unpaired) electrons. The van der Waals surface area contributed by atoms with Gasteiger partial charge in [0.2, 0.25) is 0 Å². The third-order valence-corrected chi connectivity index (χ3v) is 8.43. The Morgan fingerprint density at radius 2 is 1.30 bits per heavy atom. The van der Waals surface area contributed by atoms with E-state index < -0.39 is 0 Å². The molecule has 230 valence electrons. The second-order valence-corrected chi connectivity index (χ2v) is 16.5. The zero-order valence-corrected chi connectivity index (χ0v) is 32.4. The average Bonchev–Trinajstić information content (AvgIpc) is 3.42. The molecule has 0 N–H and O–H groups in total. The Bertz CT molecular complexity index is 1420.